The zero-order valence-electron chi connectivity index (χ0n) is 24.8. The number of aryl methyl sites for hydroxylation is 2. The lowest BCUT2D eigenvalue weighted by molar-refractivity contribution is -0.138. The summed E-state index contributed by atoms with van der Waals surface area (Å²) in [6, 6.07) is 35.7. The summed E-state index contributed by atoms with van der Waals surface area (Å²) in [5.74, 6) is -1.71. The van der Waals surface area contributed by atoms with Gasteiger partial charge in [-0.05, 0) is 97.3 Å². The van der Waals surface area contributed by atoms with Crippen molar-refractivity contribution in [3.05, 3.63) is 160 Å². The molecule has 2 aliphatic rings. The molecule has 0 spiro atoms. The predicted molar refractivity (Wildman–Crippen MR) is 176 cm³/mol. The molecule has 0 saturated carbocycles. The predicted octanol–water partition coefficient (Wildman–Crippen LogP) is 8.01. The minimum atomic E-state index is -1.01. The first kappa shape index (κ1) is 29.0. The van der Waals surface area contributed by atoms with Gasteiger partial charge in [0.25, 0.3) is 0 Å². The van der Waals surface area contributed by atoms with Crippen molar-refractivity contribution < 1.29 is 29.7 Å². The van der Waals surface area contributed by atoms with Gasteiger partial charge in [0, 0.05) is 12.8 Å². The second kappa shape index (κ2) is 11.6. The Hall–Kier alpha value is -5.75. The van der Waals surface area contributed by atoms with Crippen LogP contribution < -0.4 is 0 Å². The smallest absolute Gasteiger partial charge is 0.335 e. The molecule has 6 heteroatoms. The van der Waals surface area contributed by atoms with E-state index in [4.69, 9.17) is 0 Å². The lowest BCUT2D eigenvalue weighted by Gasteiger charge is -2.23. The third kappa shape index (κ3) is 5.08. The van der Waals surface area contributed by atoms with E-state index in [0.717, 1.165) is 78.3 Å². The highest BCUT2D eigenvalue weighted by Gasteiger charge is 2.37. The molecule has 225 valence electrons. The second-order valence-electron chi connectivity index (χ2n) is 11.6. The van der Waals surface area contributed by atoms with E-state index in [1.165, 1.54) is 0 Å². The van der Waals surface area contributed by atoms with Crippen LogP contribution in [-0.4, -0.2) is 33.2 Å². The van der Waals surface area contributed by atoms with E-state index in [0.29, 0.717) is 12.8 Å². The third-order valence-corrected chi connectivity index (χ3v) is 8.86. The van der Waals surface area contributed by atoms with Gasteiger partial charge < -0.3 is 15.3 Å². The van der Waals surface area contributed by atoms with Crippen LogP contribution in [0.5, 0.6) is 0 Å². The molecule has 0 fully saturated rings. The average Bonchev–Trinajstić information content (AvgIpc) is 3.56. The van der Waals surface area contributed by atoms with Gasteiger partial charge in [-0.1, -0.05) is 97.1 Å². The van der Waals surface area contributed by atoms with Gasteiger partial charge in [0.15, 0.2) is 0 Å². The number of aromatic carboxylic acids is 1. The van der Waals surface area contributed by atoms with Crippen LogP contribution in [0.3, 0.4) is 0 Å². The van der Waals surface area contributed by atoms with Gasteiger partial charge >= 0.3 is 17.9 Å². The molecule has 0 saturated heterocycles. The molecule has 1 radical (unpaired) electrons. The summed E-state index contributed by atoms with van der Waals surface area (Å²) >= 11 is 0. The van der Waals surface area contributed by atoms with Crippen LogP contribution >= 0.6 is 0 Å². The third-order valence-electron chi connectivity index (χ3n) is 8.86. The van der Waals surface area contributed by atoms with Crippen LogP contribution in [0.4, 0.5) is 0 Å². The number of aliphatic carboxylic acids is 2. The zero-order chi connectivity index (χ0) is 31.9. The Morgan fingerprint density at radius 2 is 0.870 bits per heavy atom. The number of allylic oxidation sites excluding steroid dienone is 1. The van der Waals surface area contributed by atoms with Crippen molar-refractivity contribution in [2.45, 2.75) is 25.7 Å². The van der Waals surface area contributed by atoms with Crippen molar-refractivity contribution in [1.29, 1.82) is 0 Å². The summed E-state index contributed by atoms with van der Waals surface area (Å²) in [4.78, 5) is 34.8. The SMILES string of the molecule is O=C(O)CCc1ccc2c(c1)C(=C([C]1c3ccccc3-c3ccccc31)c1ccc(C(=O)O)cc1)c1cc(CCC(=O)O)ccc1-2. The Morgan fingerprint density at radius 1 is 0.457 bits per heavy atom. The lowest BCUT2D eigenvalue weighted by Crippen LogP contribution is -2.06. The molecule has 46 heavy (non-hydrogen) atoms. The minimum Gasteiger partial charge on any atom is -0.481 e. The number of carbonyl (C=O) groups is 3. The van der Waals surface area contributed by atoms with Crippen LogP contribution in [0.15, 0.2) is 109 Å². The Bertz CT molecular complexity index is 1970. The van der Waals surface area contributed by atoms with Gasteiger partial charge in [0.05, 0.1) is 11.5 Å². The van der Waals surface area contributed by atoms with Crippen LogP contribution in [0.1, 0.15) is 62.1 Å². The number of rotatable bonds is 9. The maximum atomic E-state index is 11.8. The molecule has 0 aromatic heterocycles. The fourth-order valence-corrected chi connectivity index (χ4v) is 6.77. The highest BCUT2D eigenvalue weighted by atomic mass is 16.4. The first-order valence-electron chi connectivity index (χ1n) is 15.1. The summed E-state index contributed by atoms with van der Waals surface area (Å²) in [6.45, 7) is 0. The maximum absolute atomic E-state index is 11.8. The van der Waals surface area contributed by atoms with E-state index < -0.39 is 17.9 Å². The van der Waals surface area contributed by atoms with Crippen molar-refractivity contribution >= 4 is 29.1 Å². The summed E-state index contributed by atoms with van der Waals surface area (Å²) in [5, 5.41) is 28.5. The van der Waals surface area contributed by atoms with Crippen LogP contribution in [0, 0.1) is 5.92 Å². The van der Waals surface area contributed by atoms with Crippen molar-refractivity contribution in [1.82, 2.24) is 0 Å². The number of carboxylic acids is 3. The molecule has 2 aliphatic carbocycles. The standard InChI is InChI=1S/C40H29O6/c41-35(42)19-11-23-9-17-29-30-18-10-24(12-20-36(43)44)22-34(30)39(33(29)21-23)37(25-13-15-26(16-14-25)40(45)46)38-31-7-3-1-5-27(31)28-6-2-4-8-32(28)38/h1-10,13-18,21-22H,11-12,19-20H2,(H,41,42)(H,43,44)(H,45,46). The molecule has 6 nitrogen and oxygen atoms in total. The maximum Gasteiger partial charge on any atom is 0.335 e. The molecule has 0 heterocycles. The second-order valence-corrected chi connectivity index (χ2v) is 11.6. The Morgan fingerprint density at radius 3 is 1.30 bits per heavy atom. The van der Waals surface area contributed by atoms with Crippen molar-refractivity contribution in [3.63, 3.8) is 0 Å². The van der Waals surface area contributed by atoms with E-state index in [1.54, 1.807) is 12.1 Å². The van der Waals surface area contributed by atoms with E-state index >= 15 is 0 Å². The average molecular weight is 606 g/mol. The molecule has 0 bridgehead atoms. The first-order valence-corrected chi connectivity index (χ1v) is 15.1. The molecule has 0 aliphatic heterocycles. The fraction of sp³-hybridized carbons (Fsp3) is 0.100. The van der Waals surface area contributed by atoms with E-state index in [9.17, 15) is 29.7 Å². The first-order chi connectivity index (χ1) is 22.3. The molecule has 3 N–H and O–H groups in total. The summed E-state index contributed by atoms with van der Waals surface area (Å²) in [7, 11) is 0. The van der Waals surface area contributed by atoms with Crippen LogP contribution in [0.25, 0.3) is 33.4 Å². The minimum absolute atomic E-state index is 0.00571. The van der Waals surface area contributed by atoms with Gasteiger partial charge in [0.2, 0.25) is 0 Å². The largest absolute Gasteiger partial charge is 0.481 e. The summed E-state index contributed by atoms with van der Waals surface area (Å²) < 4.78 is 0. The van der Waals surface area contributed by atoms with Crippen molar-refractivity contribution in [3.8, 4) is 22.3 Å². The molecule has 5 aromatic rings. The van der Waals surface area contributed by atoms with Gasteiger partial charge in [0.1, 0.15) is 0 Å². The Kier molecular flexibility index (Phi) is 7.33. The van der Waals surface area contributed by atoms with E-state index in [1.807, 2.05) is 60.7 Å². The molecule has 7 rings (SSSR count). The monoisotopic (exact) mass is 605 g/mol. The number of hydrogen-bond acceptors (Lipinski definition) is 3. The zero-order valence-corrected chi connectivity index (χ0v) is 24.8. The fourth-order valence-electron chi connectivity index (χ4n) is 6.77. The normalized spacial score (nSPS) is 12.7. The van der Waals surface area contributed by atoms with Gasteiger partial charge in [-0.3, -0.25) is 9.59 Å². The molecule has 5 aromatic carbocycles. The molecular weight excluding hydrogens is 576 g/mol. The van der Waals surface area contributed by atoms with E-state index in [2.05, 4.69) is 36.4 Å². The van der Waals surface area contributed by atoms with Gasteiger partial charge in [-0.15, -0.1) is 0 Å². The van der Waals surface area contributed by atoms with Gasteiger partial charge in [-0.2, -0.15) is 0 Å². The number of fused-ring (bicyclic) bond motifs is 6. The number of carboxylic acid groups (broad SMARTS) is 3. The van der Waals surface area contributed by atoms with E-state index in [-0.39, 0.29) is 18.4 Å². The van der Waals surface area contributed by atoms with Crippen LogP contribution in [0.2, 0.25) is 0 Å². The highest BCUT2D eigenvalue weighted by Crippen LogP contribution is 2.56. The Balaban J connectivity index is 1.56. The lowest BCUT2D eigenvalue weighted by atomic mass is 9.79. The number of benzene rings is 5. The topological polar surface area (TPSA) is 112 Å². The molecular formula is C40H29O6. The van der Waals surface area contributed by atoms with Crippen LogP contribution in [-0.2, 0) is 22.4 Å². The summed E-state index contributed by atoms with van der Waals surface area (Å²) in [5.41, 5.74) is 13.0. The molecule has 0 unspecified atom stereocenters. The van der Waals surface area contributed by atoms with Crippen molar-refractivity contribution in [2.75, 3.05) is 0 Å². The highest BCUT2D eigenvalue weighted by molar-refractivity contribution is 6.16. The number of hydrogen-bond donors (Lipinski definition) is 3. The van der Waals surface area contributed by atoms with Crippen molar-refractivity contribution in [2.24, 2.45) is 0 Å². The molecule has 0 amide bonds. The Labute approximate surface area is 265 Å². The quantitative estimate of drug-likeness (QED) is 0.154. The van der Waals surface area contributed by atoms with Gasteiger partial charge in [-0.25, -0.2) is 4.79 Å². The summed E-state index contributed by atoms with van der Waals surface area (Å²) in [6.07, 6.45) is 0.763. The molecule has 0 atom stereocenters.